The maximum atomic E-state index is 9.60. The quantitative estimate of drug-likeness (QED) is 0.713. The van der Waals surface area contributed by atoms with Crippen LogP contribution < -0.4 is 10.1 Å². The molecule has 0 aliphatic carbocycles. The smallest absolute Gasteiger partial charge is 0.235 e. The van der Waals surface area contributed by atoms with E-state index in [1.807, 2.05) is 0 Å². The Balaban J connectivity index is 2.85. The summed E-state index contributed by atoms with van der Waals surface area (Å²) in [7, 11) is 3.31. The Bertz CT molecular complexity index is 304. The van der Waals surface area contributed by atoms with E-state index in [4.69, 9.17) is 4.74 Å². The summed E-state index contributed by atoms with van der Waals surface area (Å²) in [6.45, 7) is 2.25. The molecule has 0 bridgehead atoms. The minimum atomic E-state index is -0.628. The van der Waals surface area contributed by atoms with Gasteiger partial charge in [-0.1, -0.05) is 0 Å². The molecular formula is C9H15N3O2. The first-order valence-electron chi connectivity index (χ1n) is 4.39. The molecule has 0 saturated heterocycles. The van der Waals surface area contributed by atoms with E-state index in [1.165, 1.54) is 6.20 Å². The Labute approximate surface area is 83.2 Å². The molecule has 14 heavy (non-hydrogen) atoms. The zero-order chi connectivity index (χ0) is 10.6. The van der Waals surface area contributed by atoms with E-state index in [0.29, 0.717) is 23.8 Å². The topological polar surface area (TPSA) is 67.3 Å². The molecule has 0 spiro atoms. The summed E-state index contributed by atoms with van der Waals surface area (Å²) in [5.74, 6) is 0.491. The van der Waals surface area contributed by atoms with Crippen molar-refractivity contribution < 1.29 is 9.84 Å². The Hall–Kier alpha value is -1.20. The van der Waals surface area contributed by atoms with Crippen molar-refractivity contribution in [1.29, 1.82) is 0 Å². The Kier molecular flexibility index (Phi) is 3.79. The third-order valence-electron chi connectivity index (χ3n) is 1.85. The van der Waals surface area contributed by atoms with E-state index in [2.05, 4.69) is 15.3 Å². The van der Waals surface area contributed by atoms with Crippen LogP contribution in [0.2, 0.25) is 0 Å². The van der Waals surface area contributed by atoms with Crippen molar-refractivity contribution in [2.45, 2.75) is 13.0 Å². The van der Waals surface area contributed by atoms with Crippen molar-refractivity contribution in [3.8, 4) is 5.88 Å². The summed E-state index contributed by atoms with van der Waals surface area (Å²) in [5, 5.41) is 12.5. The predicted octanol–water partition coefficient (Wildman–Crippen LogP) is 0.0464. The Morgan fingerprint density at radius 2 is 2.36 bits per heavy atom. The van der Waals surface area contributed by atoms with Gasteiger partial charge in [0.05, 0.1) is 24.7 Å². The fourth-order valence-corrected chi connectivity index (χ4v) is 1.15. The van der Waals surface area contributed by atoms with E-state index >= 15 is 0 Å². The molecule has 1 unspecified atom stereocenters. The highest BCUT2D eigenvalue weighted by Crippen LogP contribution is 2.14. The van der Waals surface area contributed by atoms with Gasteiger partial charge in [0.25, 0.3) is 0 Å². The van der Waals surface area contributed by atoms with Crippen LogP contribution >= 0.6 is 0 Å². The minimum Gasteiger partial charge on any atom is -0.480 e. The average Bonchev–Trinajstić information content (AvgIpc) is 2.18. The van der Waals surface area contributed by atoms with Gasteiger partial charge in [0.2, 0.25) is 5.88 Å². The van der Waals surface area contributed by atoms with Crippen LogP contribution in [0.4, 0.5) is 0 Å². The fourth-order valence-electron chi connectivity index (χ4n) is 1.15. The van der Waals surface area contributed by atoms with Crippen LogP contribution in [0.5, 0.6) is 5.88 Å². The van der Waals surface area contributed by atoms with Crippen molar-refractivity contribution in [3.05, 3.63) is 17.6 Å². The highest BCUT2D eigenvalue weighted by molar-refractivity contribution is 5.19. The number of likely N-dealkylation sites (N-methyl/N-ethyl adjacent to an activating group) is 1. The molecule has 1 rings (SSSR count). The van der Waals surface area contributed by atoms with Crippen LogP contribution in [0.1, 0.15) is 17.5 Å². The second kappa shape index (κ2) is 4.88. The van der Waals surface area contributed by atoms with E-state index in [-0.39, 0.29) is 0 Å². The number of nitrogens with zero attached hydrogens (tertiary/aromatic N) is 2. The molecule has 0 amide bonds. The molecule has 0 aromatic carbocycles. The molecule has 2 N–H and O–H groups in total. The summed E-state index contributed by atoms with van der Waals surface area (Å²) in [4.78, 5) is 8.21. The third-order valence-corrected chi connectivity index (χ3v) is 1.85. The summed E-state index contributed by atoms with van der Waals surface area (Å²) in [5.41, 5.74) is 1.23. The van der Waals surface area contributed by atoms with Crippen LogP contribution in [-0.2, 0) is 0 Å². The molecule has 0 aliphatic rings. The lowest BCUT2D eigenvalue weighted by atomic mass is 10.2. The van der Waals surface area contributed by atoms with Crippen molar-refractivity contribution >= 4 is 0 Å². The Morgan fingerprint density at radius 1 is 1.64 bits per heavy atom. The van der Waals surface area contributed by atoms with E-state index in [9.17, 15) is 5.11 Å². The molecule has 0 aliphatic heterocycles. The molecule has 1 aromatic rings. The minimum absolute atomic E-state index is 0.459. The summed E-state index contributed by atoms with van der Waals surface area (Å²) in [6, 6.07) is 0. The molecule has 5 heteroatoms. The first-order valence-corrected chi connectivity index (χ1v) is 4.39. The molecular weight excluding hydrogens is 182 g/mol. The van der Waals surface area contributed by atoms with Gasteiger partial charge >= 0.3 is 0 Å². The first-order chi connectivity index (χ1) is 6.69. The van der Waals surface area contributed by atoms with Crippen LogP contribution in [0, 0.1) is 6.92 Å². The number of aryl methyl sites for hydroxylation is 1. The maximum Gasteiger partial charge on any atom is 0.235 e. The average molecular weight is 197 g/mol. The van der Waals surface area contributed by atoms with Gasteiger partial charge in [-0.2, -0.15) is 0 Å². The molecule has 0 saturated carbocycles. The van der Waals surface area contributed by atoms with Crippen molar-refractivity contribution in [2.24, 2.45) is 0 Å². The second-order valence-electron chi connectivity index (χ2n) is 2.96. The van der Waals surface area contributed by atoms with Crippen molar-refractivity contribution in [1.82, 2.24) is 15.3 Å². The number of hydrogen-bond donors (Lipinski definition) is 2. The summed E-state index contributed by atoms with van der Waals surface area (Å²) < 4.78 is 4.97. The normalized spacial score (nSPS) is 12.6. The van der Waals surface area contributed by atoms with Crippen molar-refractivity contribution in [3.63, 3.8) is 0 Å². The van der Waals surface area contributed by atoms with E-state index in [1.54, 1.807) is 21.1 Å². The van der Waals surface area contributed by atoms with Gasteiger partial charge in [-0.3, -0.25) is 0 Å². The van der Waals surface area contributed by atoms with Gasteiger partial charge in [-0.25, -0.2) is 9.97 Å². The zero-order valence-electron chi connectivity index (χ0n) is 8.61. The lowest BCUT2D eigenvalue weighted by molar-refractivity contribution is 0.172. The molecule has 1 aromatic heterocycles. The number of ether oxygens (including phenoxy) is 1. The number of nitrogens with one attached hydrogen (secondary N) is 1. The summed E-state index contributed by atoms with van der Waals surface area (Å²) >= 11 is 0. The lowest BCUT2D eigenvalue weighted by Crippen LogP contribution is -2.18. The zero-order valence-corrected chi connectivity index (χ0v) is 8.61. The largest absolute Gasteiger partial charge is 0.480 e. The third kappa shape index (κ3) is 2.40. The number of hydrogen-bond acceptors (Lipinski definition) is 5. The fraction of sp³-hybridized carbons (Fsp3) is 0.556. The number of aromatic nitrogens is 2. The lowest BCUT2D eigenvalue weighted by Gasteiger charge is -2.10. The monoisotopic (exact) mass is 197 g/mol. The van der Waals surface area contributed by atoms with Crippen LogP contribution in [-0.4, -0.2) is 35.8 Å². The summed E-state index contributed by atoms with van der Waals surface area (Å²) in [6.07, 6.45) is 0.894. The standard InChI is InChI=1S/C9H15N3O2/c1-6-9(14-3)11-4-7(12-6)8(13)5-10-2/h4,8,10,13H,5H2,1-3H3. The van der Waals surface area contributed by atoms with Gasteiger partial charge in [0.15, 0.2) is 0 Å². The second-order valence-corrected chi connectivity index (χ2v) is 2.96. The number of rotatable bonds is 4. The highest BCUT2D eigenvalue weighted by Gasteiger charge is 2.10. The Morgan fingerprint density at radius 3 is 2.86 bits per heavy atom. The molecule has 0 radical (unpaired) electrons. The molecule has 78 valence electrons. The molecule has 1 atom stereocenters. The SMILES string of the molecule is CNCC(O)c1cnc(OC)c(C)n1. The van der Waals surface area contributed by atoms with E-state index in [0.717, 1.165) is 0 Å². The van der Waals surface area contributed by atoms with Gasteiger partial charge in [0, 0.05) is 6.54 Å². The number of methoxy groups -OCH3 is 1. The number of aliphatic hydroxyl groups is 1. The van der Waals surface area contributed by atoms with Crippen molar-refractivity contribution in [2.75, 3.05) is 20.7 Å². The number of aliphatic hydroxyl groups excluding tert-OH is 1. The highest BCUT2D eigenvalue weighted by atomic mass is 16.5. The van der Waals surface area contributed by atoms with Gasteiger partial charge < -0.3 is 15.2 Å². The first kappa shape index (κ1) is 10.9. The van der Waals surface area contributed by atoms with Crippen LogP contribution in [0.15, 0.2) is 6.20 Å². The van der Waals surface area contributed by atoms with Gasteiger partial charge in [-0.05, 0) is 14.0 Å². The van der Waals surface area contributed by atoms with Gasteiger partial charge in [0.1, 0.15) is 6.10 Å². The molecule has 5 nitrogen and oxygen atoms in total. The predicted molar refractivity (Wildman–Crippen MR) is 52.2 cm³/mol. The molecule has 1 heterocycles. The van der Waals surface area contributed by atoms with Gasteiger partial charge in [-0.15, -0.1) is 0 Å². The van der Waals surface area contributed by atoms with Crippen LogP contribution in [0.25, 0.3) is 0 Å². The maximum absolute atomic E-state index is 9.60. The van der Waals surface area contributed by atoms with E-state index < -0.39 is 6.10 Å². The molecule has 0 fully saturated rings. The van der Waals surface area contributed by atoms with Crippen LogP contribution in [0.3, 0.4) is 0 Å².